The standard InChI is InChI=1S/C22H21NO5/c1-11(24)20-19-13(6-7-16(25)22(19)26-3)14-5-4-12-8-17-18(28-10-27-17)9-15(12)21(14)23(20)2/h4-9,11,20,24-25H,10H2,1-3H3. The highest BCUT2D eigenvalue weighted by Gasteiger charge is 2.36. The Balaban J connectivity index is 1.87. The van der Waals surface area contributed by atoms with Gasteiger partial charge in [0.15, 0.2) is 23.0 Å². The van der Waals surface area contributed by atoms with Crippen molar-refractivity contribution >= 4 is 16.5 Å². The number of likely N-dealkylation sites (N-methyl/N-ethyl adjacent to an activating group) is 1. The van der Waals surface area contributed by atoms with Crippen LogP contribution in [-0.4, -0.2) is 37.3 Å². The van der Waals surface area contributed by atoms with Gasteiger partial charge in [-0.3, -0.25) is 0 Å². The van der Waals surface area contributed by atoms with E-state index in [0.29, 0.717) is 5.75 Å². The van der Waals surface area contributed by atoms with E-state index >= 15 is 0 Å². The molecule has 3 aromatic rings. The molecular formula is C22H21NO5. The van der Waals surface area contributed by atoms with Crippen LogP contribution in [0.25, 0.3) is 21.9 Å². The molecule has 144 valence electrons. The number of aromatic hydroxyl groups is 1. The molecule has 2 atom stereocenters. The summed E-state index contributed by atoms with van der Waals surface area (Å²) in [7, 11) is 3.48. The second-order valence-electron chi connectivity index (χ2n) is 7.26. The van der Waals surface area contributed by atoms with E-state index < -0.39 is 6.10 Å². The number of phenolic OH excluding ortho intramolecular Hbond substituents is 1. The number of anilines is 1. The van der Waals surface area contributed by atoms with Crippen molar-refractivity contribution in [3.8, 4) is 34.1 Å². The fourth-order valence-corrected chi connectivity index (χ4v) is 4.52. The summed E-state index contributed by atoms with van der Waals surface area (Å²) < 4.78 is 16.6. The van der Waals surface area contributed by atoms with Gasteiger partial charge in [-0.05, 0) is 42.1 Å². The maximum atomic E-state index is 10.6. The third-order valence-corrected chi connectivity index (χ3v) is 5.68. The van der Waals surface area contributed by atoms with E-state index in [1.165, 1.54) is 7.11 Å². The van der Waals surface area contributed by atoms with Crippen LogP contribution in [0.1, 0.15) is 18.5 Å². The summed E-state index contributed by atoms with van der Waals surface area (Å²) in [5, 5.41) is 23.0. The molecule has 6 nitrogen and oxygen atoms in total. The van der Waals surface area contributed by atoms with E-state index in [1.807, 2.05) is 25.2 Å². The quantitative estimate of drug-likeness (QED) is 0.705. The van der Waals surface area contributed by atoms with Crippen LogP contribution in [0.3, 0.4) is 0 Å². The number of hydrogen-bond acceptors (Lipinski definition) is 6. The Morgan fingerprint density at radius 1 is 1.11 bits per heavy atom. The molecule has 2 unspecified atom stereocenters. The number of ether oxygens (including phenoxy) is 3. The first kappa shape index (κ1) is 17.0. The minimum Gasteiger partial charge on any atom is -0.504 e. The Hall–Kier alpha value is -3.12. The van der Waals surface area contributed by atoms with Gasteiger partial charge in [-0.2, -0.15) is 0 Å². The van der Waals surface area contributed by atoms with Gasteiger partial charge in [0.1, 0.15) is 0 Å². The molecule has 3 aromatic carbocycles. The van der Waals surface area contributed by atoms with Gasteiger partial charge in [-0.25, -0.2) is 0 Å². The van der Waals surface area contributed by atoms with Crippen LogP contribution in [-0.2, 0) is 0 Å². The van der Waals surface area contributed by atoms with Gasteiger partial charge in [0.05, 0.1) is 24.9 Å². The topological polar surface area (TPSA) is 71.4 Å². The minimum absolute atomic E-state index is 0.0629. The lowest BCUT2D eigenvalue weighted by Gasteiger charge is -2.40. The molecule has 0 saturated carbocycles. The van der Waals surface area contributed by atoms with Crippen LogP contribution in [0.5, 0.6) is 23.0 Å². The van der Waals surface area contributed by atoms with Crippen LogP contribution in [0.2, 0.25) is 0 Å². The lowest BCUT2D eigenvalue weighted by molar-refractivity contribution is 0.159. The normalized spacial score (nSPS) is 18.0. The molecule has 0 fully saturated rings. The maximum Gasteiger partial charge on any atom is 0.231 e. The molecule has 2 heterocycles. The Morgan fingerprint density at radius 2 is 1.82 bits per heavy atom. The van der Waals surface area contributed by atoms with E-state index in [0.717, 1.165) is 44.6 Å². The molecule has 0 bridgehead atoms. The molecule has 2 aliphatic heterocycles. The SMILES string of the molecule is COc1c(O)ccc2c1C(C(C)O)N(C)c1c-2ccc2cc3c(cc12)OCO3. The summed E-state index contributed by atoms with van der Waals surface area (Å²) in [4.78, 5) is 2.05. The lowest BCUT2D eigenvalue weighted by Crippen LogP contribution is -2.35. The molecular weight excluding hydrogens is 358 g/mol. The summed E-state index contributed by atoms with van der Waals surface area (Å²) in [6.07, 6.45) is -0.683. The molecule has 0 saturated heterocycles. The monoisotopic (exact) mass is 379 g/mol. The second-order valence-corrected chi connectivity index (χ2v) is 7.26. The number of aliphatic hydroxyl groups is 1. The molecule has 0 aliphatic carbocycles. The van der Waals surface area contributed by atoms with Gasteiger partial charge in [0.2, 0.25) is 6.79 Å². The zero-order chi connectivity index (χ0) is 19.6. The van der Waals surface area contributed by atoms with Crippen molar-refractivity contribution in [2.45, 2.75) is 19.1 Å². The van der Waals surface area contributed by atoms with Crippen LogP contribution >= 0.6 is 0 Å². The molecule has 0 aromatic heterocycles. The average Bonchev–Trinajstić information content (AvgIpc) is 3.12. The summed E-state index contributed by atoms with van der Waals surface area (Å²) >= 11 is 0. The third kappa shape index (κ3) is 2.18. The molecule has 2 N–H and O–H groups in total. The van der Waals surface area contributed by atoms with Crippen molar-refractivity contribution in [2.24, 2.45) is 0 Å². The van der Waals surface area contributed by atoms with E-state index in [1.54, 1.807) is 13.0 Å². The van der Waals surface area contributed by atoms with Gasteiger partial charge in [-0.15, -0.1) is 0 Å². The van der Waals surface area contributed by atoms with Crippen molar-refractivity contribution in [2.75, 3.05) is 25.9 Å². The molecule has 6 heteroatoms. The molecule has 28 heavy (non-hydrogen) atoms. The zero-order valence-electron chi connectivity index (χ0n) is 15.9. The fourth-order valence-electron chi connectivity index (χ4n) is 4.52. The second kappa shape index (κ2) is 5.94. The fraction of sp³-hybridized carbons (Fsp3) is 0.273. The van der Waals surface area contributed by atoms with E-state index in [4.69, 9.17) is 14.2 Å². The maximum absolute atomic E-state index is 10.6. The number of fused-ring (bicyclic) bond motifs is 6. The van der Waals surface area contributed by atoms with Crippen molar-refractivity contribution < 1.29 is 24.4 Å². The summed E-state index contributed by atoms with van der Waals surface area (Å²) in [6, 6.07) is 11.2. The van der Waals surface area contributed by atoms with E-state index in [9.17, 15) is 10.2 Å². The van der Waals surface area contributed by atoms with Gasteiger partial charge in [0, 0.05) is 23.6 Å². The Labute approximate surface area is 162 Å². The number of aliphatic hydroxyl groups excluding tert-OH is 1. The average molecular weight is 379 g/mol. The van der Waals surface area contributed by atoms with Gasteiger partial charge in [-0.1, -0.05) is 12.1 Å². The molecule has 0 radical (unpaired) electrons. The minimum atomic E-state index is -0.683. The highest BCUT2D eigenvalue weighted by molar-refractivity contribution is 6.05. The van der Waals surface area contributed by atoms with Crippen molar-refractivity contribution in [1.29, 1.82) is 0 Å². The first-order valence-electron chi connectivity index (χ1n) is 9.18. The van der Waals surface area contributed by atoms with E-state index in [2.05, 4.69) is 17.0 Å². The largest absolute Gasteiger partial charge is 0.504 e. The van der Waals surface area contributed by atoms with Crippen LogP contribution in [0.15, 0.2) is 36.4 Å². The highest BCUT2D eigenvalue weighted by atomic mass is 16.7. The number of methoxy groups -OCH3 is 1. The molecule has 0 spiro atoms. The number of rotatable bonds is 2. The first-order valence-corrected chi connectivity index (χ1v) is 9.18. The van der Waals surface area contributed by atoms with Gasteiger partial charge < -0.3 is 29.3 Å². The molecule has 0 amide bonds. The number of benzene rings is 3. The van der Waals surface area contributed by atoms with Crippen LogP contribution in [0.4, 0.5) is 5.69 Å². The third-order valence-electron chi connectivity index (χ3n) is 5.68. The van der Waals surface area contributed by atoms with Crippen molar-refractivity contribution in [3.63, 3.8) is 0 Å². The summed E-state index contributed by atoms with van der Waals surface area (Å²) in [5.74, 6) is 1.92. The lowest BCUT2D eigenvalue weighted by atomic mass is 9.84. The highest BCUT2D eigenvalue weighted by Crippen LogP contribution is 2.54. The Morgan fingerprint density at radius 3 is 2.54 bits per heavy atom. The van der Waals surface area contributed by atoms with Crippen LogP contribution < -0.4 is 19.1 Å². The molecule has 5 rings (SSSR count). The first-order chi connectivity index (χ1) is 13.5. The summed E-state index contributed by atoms with van der Waals surface area (Å²) in [5.41, 5.74) is 3.74. The number of hydrogen-bond donors (Lipinski definition) is 2. The van der Waals surface area contributed by atoms with Crippen molar-refractivity contribution in [3.05, 3.63) is 42.0 Å². The molecule has 2 aliphatic rings. The number of nitrogens with zero attached hydrogens (tertiary/aromatic N) is 1. The van der Waals surface area contributed by atoms with E-state index in [-0.39, 0.29) is 18.6 Å². The van der Waals surface area contributed by atoms with Gasteiger partial charge >= 0.3 is 0 Å². The predicted molar refractivity (Wildman–Crippen MR) is 107 cm³/mol. The van der Waals surface area contributed by atoms with Crippen LogP contribution in [0, 0.1) is 0 Å². The smallest absolute Gasteiger partial charge is 0.231 e. The zero-order valence-corrected chi connectivity index (χ0v) is 15.9. The number of phenols is 1. The Kier molecular flexibility index (Phi) is 3.61. The summed E-state index contributed by atoms with van der Waals surface area (Å²) in [6.45, 7) is 1.97. The van der Waals surface area contributed by atoms with Crippen molar-refractivity contribution in [1.82, 2.24) is 0 Å². The predicted octanol–water partition coefficient (Wildman–Crippen LogP) is 3.82. The van der Waals surface area contributed by atoms with Gasteiger partial charge in [0.25, 0.3) is 0 Å². The Bertz CT molecular complexity index is 1110.